The number of carboxylic acid groups (broad SMARTS) is 1. The minimum Gasteiger partial charge on any atom is -0.478 e. The molecule has 0 aromatic rings. The van der Waals surface area contributed by atoms with Crippen molar-refractivity contribution in [2.24, 2.45) is 5.92 Å². The molecule has 0 spiro atoms. The first-order valence-corrected chi connectivity index (χ1v) is 4.99. The molecule has 0 fully saturated rings. The minimum atomic E-state index is -0.859. The number of rotatable bonds is 7. The molecule has 0 rings (SSSR count). The lowest BCUT2D eigenvalue weighted by Gasteiger charge is -2.10. The summed E-state index contributed by atoms with van der Waals surface area (Å²) in [7, 11) is 0. The van der Waals surface area contributed by atoms with Gasteiger partial charge in [0.2, 0.25) is 0 Å². The summed E-state index contributed by atoms with van der Waals surface area (Å²) in [6, 6.07) is 0. The van der Waals surface area contributed by atoms with Crippen molar-refractivity contribution in [3.63, 3.8) is 0 Å². The first-order chi connectivity index (χ1) is 6.07. The van der Waals surface area contributed by atoms with Gasteiger partial charge in [0.05, 0.1) is 0 Å². The van der Waals surface area contributed by atoms with Crippen LogP contribution in [0.3, 0.4) is 0 Å². The van der Waals surface area contributed by atoms with E-state index in [9.17, 15) is 4.79 Å². The molecule has 0 amide bonds. The summed E-state index contributed by atoms with van der Waals surface area (Å²) in [4.78, 5) is 10.5. The third-order valence-corrected chi connectivity index (χ3v) is 2.20. The van der Waals surface area contributed by atoms with Gasteiger partial charge in [-0.15, -0.1) is 0 Å². The van der Waals surface area contributed by atoms with Crippen LogP contribution in [0, 0.1) is 5.92 Å². The van der Waals surface area contributed by atoms with Crippen LogP contribution in [0.4, 0.5) is 0 Å². The molecule has 2 nitrogen and oxygen atoms in total. The Morgan fingerprint density at radius 1 is 1.46 bits per heavy atom. The Bertz CT molecular complexity index is 173. The van der Waals surface area contributed by atoms with E-state index in [1.165, 1.54) is 19.3 Å². The summed E-state index contributed by atoms with van der Waals surface area (Å²) >= 11 is 0. The van der Waals surface area contributed by atoms with E-state index in [4.69, 9.17) is 5.11 Å². The number of aliphatic carboxylic acids is 1. The average molecular weight is 184 g/mol. The van der Waals surface area contributed by atoms with E-state index in [2.05, 4.69) is 20.4 Å². The smallest absolute Gasteiger partial charge is 0.330 e. The zero-order valence-corrected chi connectivity index (χ0v) is 8.68. The molecule has 2 heteroatoms. The second-order valence-electron chi connectivity index (χ2n) is 3.71. The highest BCUT2D eigenvalue weighted by Crippen LogP contribution is 2.16. The quantitative estimate of drug-likeness (QED) is 0.487. The molecule has 1 atom stereocenters. The molecule has 0 bridgehead atoms. The number of carbonyl (C=O) groups is 1. The van der Waals surface area contributed by atoms with Crippen molar-refractivity contribution in [3.05, 3.63) is 12.2 Å². The second-order valence-corrected chi connectivity index (χ2v) is 3.71. The maximum Gasteiger partial charge on any atom is 0.330 e. The van der Waals surface area contributed by atoms with Gasteiger partial charge in [-0.25, -0.2) is 4.79 Å². The maximum atomic E-state index is 10.5. The molecule has 0 radical (unpaired) electrons. The molecule has 13 heavy (non-hydrogen) atoms. The molecule has 0 aromatic heterocycles. The van der Waals surface area contributed by atoms with Crippen LogP contribution < -0.4 is 0 Å². The van der Waals surface area contributed by atoms with Gasteiger partial charge in [0.15, 0.2) is 0 Å². The molecule has 1 unspecified atom stereocenters. The normalized spacial score (nSPS) is 12.5. The van der Waals surface area contributed by atoms with Crippen LogP contribution in [-0.2, 0) is 4.79 Å². The van der Waals surface area contributed by atoms with Crippen molar-refractivity contribution in [1.29, 1.82) is 0 Å². The highest BCUT2D eigenvalue weighted by Gasteiger charge is 2.09. The Kier molecular flexibility index (Phi) is 6.29. The molecule has 0 heterocycles. The summed E-state index contributed by atoms with van der Waals surface area (Å²) in [5, 5.41) is 8.60. The van der Waals surface area contributed by atoms with Gasteiger partial charge in [-0.1, -0.05) is 46.1 Å². The predicted octanol–water partition coefficient (Wildman–Crippen LogP) is 3.23. The lowest BCUT2D eigenvalue weighted by atomic mass is 9.96. The van der Waals surface area contributed by atoms with Crippen LogP contribution in [0.1, 0.15) is 46.0 Å². The van der Waals surface area contributed by atoms with Crippen LogP contribution in [0.5, 0.6) is 0 Å². The molecule has 76 valence electrons. The Morgan fingerprint density at radius 3 is 2.54 bits per heavy atom. The second kappa shape index (κ2) is 6.70. The van der Waals surface area contributed by atoms with E-state index in [1.54, 1.807) is 0 Å². The van der Waals surface area contributed by atoms with Crippen molar-refractivity contribution < 1.29 is 9.90 Å². The van der Waals surface area contributed by atoms with Crippen molar-refractivity contribution in [2.75, 3.05) is 0 Å². The highest BCUT2D eigenvalue weighted by atomic mass is 16.4. The summed E-state index contributed by atoms with van der Waals surface area (Å²) in [6.07, 6.45) is 5.39. The predicted molar refractivity (Wildman–Crippen MR) is 54.7 cm³/mol. The van der Waals surface area contributed by atoms with Gasteiger partial charge >= 0.3 is 5.97 Å². The molecular formula is C11H20O2. The van der Waals surface area contributed by atoms with Gasteiger partial charge in [0.1, 0.15) is 0 Å². The Morgan fingerprint density at radius 2 is 2.08 bits per heavy atom. The van der Waals surface area contributed by atoms with Crippen LogP contribution in [0.2, 0.25) is 0 Å². The molecule has 0 saturated carbocycles. The summed E-state index contributed by atoms with van der Waals surface area (Å²) in [5.41, 5.74) is 0.337. The number of carboxylic acids is 1. The molecule has 1 N–H and O–H groups in total. The Hall–Kier alpha value is -0.790. The van der Waals surface area contributed by atoms with E-state index in [0.717, 1.165) is 6.42 Å². The largest absolute Gasteiger partial charge is 0.478 e. The summed E-state index contributed by atoms with van der Waals surface area (Å²) in [5.74, 6) is -0.405. The lowest BCUT2D eigenvalue weighted by Crippen LogP contribution is -2.04. The van der Waals surface area contributed by atoms with Crippen LogP contribution in [0.25, 0.3) is 0 Å². The van der Waals surface area contributed by atoms with Gasteiger partial charge in [-0.05, 0) is 12.3 Å². The molecular weight excluding hydrogens is 164 g/mol. The van der Waals surface area contributed by atoms with E-state index in [0.29, 0.717) is 17.9 Å². The van der Waals surface area contributed by atoms with Crippen molar-refractivity contribution in [1.82, 2.24) is 0 Å². The van der Waals surface area contributed by atoms with E-state index in [-0.39, 0.29) is 0 Å². The van der Waals surface area contributed by atoms with Crippen molar-refractivity contribution in [3.8, 4) is 0 Å². The van der Waals surface area contributed by atoms with Crippen LogP contribution in [-0.4, -0.2) is 11.1 Å². The fraction of sp³-hybridized carbons (Fsp3) is 0.727. The summed E-state index contributed by atoms with van der Waals surface area (Å²) in [6.45, 7) is 7.78. The maximum absolute atomic E-state index is 10.5. The fourth-order valence-electron chi connectivity index (χ4n) is 1.35. The zero-order chi connectivity index (χ0) is 10.3. The SMILES string of the molecule is C=C(CC(C)CCCCC)C(=O)O. The van der Waals surface area contributed by atoms with Gasteiger partial charge in [0.25, 0.3) is 0 Å². The third kappa shape index (κ3) is 6.38. The summed E-state index contributed by atoms with van der Waals surface area (Å²) < 4.78 is 0. The molecule has 0 aromatic carbocycles. The first-order valence-electron chi connectivity index (χ1n) is 4.99. The van der Waals surface area contributed by atoms with Gasteiger partial charge in [-0.3, -0.25) is 0 Å². The van der Waals surface area contributed by atoms with Crippen molar-refractivity contribution >= 4 is 5.97 Å². The topological polar surface area (TPSA) is 37.3 Å². The average Bonchev–Trinajstić information content (AvgIpc) is 2.04. The fourth-order valence-corrected chi connectivity index (χ4v) is 1.35. The van der Waals surface area contributed by atoms with Crippen LogP contribution >= 0.6 is 0 Å². The Balaban J connectivity index is 3.55. The van der Waals surface area contributed by atoms with Gasteiger partial charge < -0.3 is 5.11 Å². The lowest BCUT2D eigenvalue weighted by molar-refractivity contribution is -0.132. The number of hydrogen-bond acceptors (Lipinski definition) is 1. The molecule has 0 aliphatic heterocycles. The van der Waals surface area contributed by atoms with Gasteiger partial charge in [0, 0.05) is 5.57 Å². The van der Waals surface area contributed by atoms with Crippen molar-refractivity contribution in [2.45, 2.75) is 46.0 Å². The monoisotopic (exact) mass is 184 g/mol. The highest BCUT2D eigenvalue weighted by molar-refractivity contribution is 5.85. The molecule has 0 aliphatic carbocycles. The zero-order valence-electron chi connectivity index (χ0n) is 8.68. The van der Waals surface area contributed by atoms with E-state index < -0.39 is 5.97 Å². The number of unbranched alkanes of at least 4 members (excludes halogenated alkanes) is 2. The van der Waals surface area contributed by atoms with E-state index >= 15 is 0 Å². The molecule has 0 saturated heterocycles. The Labute approximate surface area is 80.7 Å². The van der Waals surface area contributed by atoms with E-state index in [1.807, 2.05) is 0 Å². The molecule has 0 aliphatic rings. The standard InChI is InChI=1S/C11H20O2/c1-4-5-6-7-9(2)8-10(3)11(12)13/h9H,3-8H2,1-2H3,(H,12,13). The number of hydrogen-bond donors (Lipinski definition) is 1. The van der Waals surface area contributed by atoms with Crippen LogP contribution in [0.15, 0.2) is 12.2 Å². The minimum absolute atomic E-state index is 0.337. The third-order valence-electron chi connectivity index (χ3n) is 2.20. The van der Waals surface area contributed by atoms with Gasteiger partial charge in [-0.2, -0.15) is 0 Å². The first kappa shape index (κ1) is 12.2.